The predicted octanol–water partition coefficient (Wildman–Crippen LogP) is 2.83. The number of benzene rings is 1. The Bertz CT molecular complexity index is 480. The summed E-state index contributed by atoms with van der Waals surface area (Å²) in [6, 6.07) is 7.11. The second-order valence-corrected chi connectivity index (χ2v) is 4.89. The molecular weight excluding hydrogens is 296 g/mol. The Hall–Kier alpha value is -1.54. The molecule has 0 aliphatic rings. The van der Waals surface area contributed by atoms with Gasteiger partial charge in [0.1, 0.15) is 12.3 Å². The van der Waals surface area contributed by atoms with E-state index in [0.29, 0.717) is 11.3 Å². The van der Waals surface area contributed by atoms with Crippen LogP contribution in [0.15, 0.2) is 22.7 Å². The summed E-state index contributed by atoms with van der Waals surface area (Å²) in [6.07, 6.45) is 0. The molecule has 1 aromatic rings. The number of hydrogen-bond donors (Lipinski definition) is 0. The molecule has 1 aromatic carbocycles. The molecule has 18 heavy (non-hydrogen) atoms. The van der Waals surface area contributed by atoms with Crippen molar-refractivity contribution in [1.29, 1.82) is 5.26 Å². The molecule has 0 aliphatic carbocycles. The van der Waals surface area contributed by atoms with Crippen LogP contribution in [0.2, 0.25) is 0 Å². The summed E-state index contributed by atoms with van der Waals surface area (Å²) in [4.78, 5) is 13.8. The normalized spacial score (nSPS) is 10.0. The van der Waals surface area contributed by atoms with Crippen LogP contribution in [0.1, 0.15) is 24.2 Å². The van der Waals surface area contributed by atoms with E-state index in [0.717, 1.165) is 4.47 Å². The van der Waals surface area contributed by atoms with E-state index in [1.165, 1.54) is 4.90 Å². The molecule has 0 atom stereocenters. The van der Waals surface area contributed by atoms with E-state index in [1.807, 2.05) is 19.9 Å². The van der Waals surface area contributed by atoms with E-state index in [9.17, 15) is 4.79 Å². The van der Waals surface area contributed by atoms with Crippen molar-refractivity contribution in [2.75, 3.05) is 13.7 Å². The average Bonchev–Trinajstić information content (AvgIpc) is 2.34. The van der Waals surface area contributed by atoms with Crippen molar-refractivity contribution in [3.05, 3.63) is 28.2 Å². The van der Waals surface area contributed by atoms with Crippen LogP contribution in [0.5, 0.6) is 5.75 Å². The Labute approximate surface area is 115 Å². The third-order valence-corrected chi connectivity index (χ3v) is 3.14. The molecule has 96 valence electrons. The van der Waals surface area contributed by atoms with Crippen molar-refractivity contribution >= 4 is 21.8 Å². The van der Waals surface area contributed by atoms with Crippen molar-refractivity contribution in [2.45, 2.75) is 19.9 Å². The second kappa shape index (κ2) is 6.41. The van der Waals surface area contributed by atoms with Gasteiger partial charge >= 0.3 is 0 Å². The molecule has 0 saturated heterocycles. The Kier molecular flexibility index (Phi) is 5.17. The summed E-state index contributed by atoms with van der Waals surface area (Å²) in [6.45, 7) is 3.85. The van der Waals surface area contributed by atoms with E-state index in [-0.39, 0.29) is 18.5 Å². The van der Waals surface area contributed by atoms with E-state index in [1.54, 1.807) is 25.3 Å². The fourth-order valence-corrected chi connectivity index (χ4v) is 2.07. The summed E-state index contributed by atoms with van der Waals surface area (Å²) in [7, 11) is 1.57. The quantitative estimate of drug-likeness (QED) is 0.804. The van der Waals surface area contributed by atoms with Gasteiger partial charge in [-0.3, -0.25) is 4.79 Å². The van der Waals surface area contributed by atoms with Gasteiger partial charge in [-0.1, -0.05) is 0 Å². The molecule has 5 heteroatoms. The molecule has 0 saturated carbocycles. The summed E-state index contributed by atoms with van der Waals surface area (Å²) in [5, 5.41) is 8.74. The summed E-state index contributed by atoms with van der Waals surface area (Å²) in [5.41, 5.74) is 0.534. The molecule has 0 bridgehead atoms. The Morgan fingerprint density at radius 2 is 2.22 bits per heavy atom. The van der Waals surface area contributed by atoms with E-state index < -0.39 is 0 Å². The Morgan fingerprint density at radius 3 is 2.67 bits per heavy atom. The standard InChI is InChI=1S/C13H15BrN2O2/c1-9(2)16(7-6-15)13(17)10-4-5-12(18-3)11(14)8-10/h4-5,8-9H,7H2,1-3H3. The lowest BCUT2D eigenvalue weighted by atomic mass is 10.1. The molecule has 0 aromatic heterocycles. The zero-order chi connectivity index (χ0) is 13.7. The number of carbonyl (C=O) groups excluding carboxylic acids is 1. The fraction of sp³-hybridized carbons (Fsp3) is 0.385. The van der Waals surface area contributed by atoms with Crippen LogP contribution in [-0.4, -0.2) is 30.5 Å². The first-order chi connectivity index (χ1) is 8.51. The van der Waals surface area contributed by atoms with Crippen LogP contribution in [-0.2, 0) is 0 Å². The number of hydrogen-bond acceptors (Lipinski definition) is 3. The van der Waals surface area contributed by atoms with Gasteiger partial charge in [-0.2, -0.15) is 5.26 Å². The maximum absolute atomic E-state index is 12.2. The maximum Gasteiger partial charge on any atom is 0.254 e. The zero-order valence-electron chi connectivity index (χ0n) is 10.6. The number of methoxy groups -OCH3 is 1. The summed E-state index contributed by atoms with van der Waals surface area (Å²) >= 11 is 3.34. The number of carbonyl (C=O) groups is 1. The molecule has 4 nitrogen and oxygen atoms in total. The fourth-order valence-electron chi connectivity index (χ4n) is 1.53. The second-order valence-electron chi connectivity index (χ2n) is 4.03. The van der Waals surface area contributed by atoms with Gasteiger partial charge in [0.25, 0.3) is 5.91 Å². The number of ether oxygens (including phenoxy) is 1. The summed E-state index contributed by atoms with van der Waals surface area (Å²) < 4.78 is 5.83. The maximum atomic E-state index is 12.2. The third kappa shape index (κ3) is 3.23. The zero-order valence-corrected chi connectivity index (χ0v) is 12.2. The van der Waals surface area contributed by atoms with Gasteiger partial charge in [-0.15, -0.1) is 0 Å². The predicted molar refractivity (Wildman–Crippen MR) is 72.5 cm³/mol. The molecule has 0 heterocycles. The molecule has 0 radical (unpaired) electrons. The molecule has 0 spiro atoms. The van der Waals surface area contributed by atoms with Crippen molar-refractivity contribution < 1.29 is 9.53 Å². The van der Waals surface area contributed by atoms with Crippen molar-refractivity contribution in [3.8, 4) is 11.8 Å². The first-order valence-corrected chi connectivity index (χ1v) is 6.32. The minimum atomic E-state index is -0.157. The number of rotatable bonds is 4. The SMILES string of the molecule is COc1ccc(C(=O)N(CC#N)C(C)C)cc1Br. The lowest BCUT2D eigenvalue weighted by Gasteiger charge is -2.24. The van der Waals surface area contributed by atoms with E-state index in [4.69, 9.17) is 10.00 Å². The first kappa shape index (κ1) is 14.5. The molecule has 0 N–H and O–H groups in total. The van der Waals surface area contributed by atoms with Gasteiger partial charge in [0.2, 0.25) is 0 Å². The average molecular weight is 311 g/mol. The molecular formula is C13H15BrN2O2. The van der Waals surface area contributed by atoms with Crippen molar-refractivity contribution in [2.24, 2.45) is 0 Å². The minimum Gasteiger partial charge on any atom is -0.496 e. The molecule has 0 aliphatic heterocycles. The van der Waals surface area contributed by atoms with Gasteiger partial charge in [0, 0.05) is 11.6 Å². The first-order valence-electron chi connectivity index (χ1n) is 5.52. The molecule has 1 amide bonds. The van der Waals surface area contributed by atoms with Crippen LogP contribution in [0.3, 0.4) is 0 Å². The number of nitriles is 1. The van der Waals surface area contributed by atoms with Gasteiger partial charge in [-0.25, -0.2) is 0 Å². The highest BCUT2D eigenvalue weighted by Gasteiger charge is 2.19. The number of halogens is 1. The molecule has 0 unspecified atom stereocenters. The van der Waals surface area contributed by atoms with Crippen LogP contribution >= 0.6 is 15.9 Å². The highest BCUT2D eigenvalue weighted by molar-refractivity contribution is 9.10. The number of amides is 1. The van der Waals surface area contributed by atoms with Crippen molar-refractivity contribution in [3.63, 3.8) is 0 Å². The number of nitrogens with zero attached hydrogens (tertiary/aromatic N) is 2. The molecule has 1 rings (SSSR count). The van der Waals surface area contributed by atoms with Crippen LogP contribution in [0, 0.1) is 11.3 Å². The Balaban J connectivity index is 3.02. The topological polar surface area (TPSA) is 53.3 Å². The highest BCUT2D eigenvalue weighted by atomic mass is 79.9. The Morgan fingerprint density at radius 1 is 1.56 bits per heavy atom. The minimum absolute atomic E-state index is 0.0157. The van der Waals surface area contributed by atoms with Gasteiger partial charge in [-0.05, 0) is 48.0 Å². The van der Waals surface area contributed by atoms with Crippen molar-refractivity contribution in [1.82, 2.24) is 4.90 Å². The van der Waals surface area contributed by atoms with Gasteiger partial charge in [0.15, 0.2) is 0 Å². The van der Waals surface area contributed by atoms with Gasteiger partial charge < -0.3 is 9.64 Å². The monoisotopic (exact) mass is 310 g/mol. The third-order valence-electron chi connectivity index (χ3n) is 2.52. The largest absolute Gasteiger partial charge is 0.496 e. The van der Waals surface area contributed by atoms with E-state index >= 15 is 0 Å². The summed E-state index contributed by atoms with van der Waals surface area (Å²) in [5.74, 6) is 0.512. The lowest BCUT2D eigenvalue weighted by molar-refractivity contribution is 0.0731. The smallest absolute Gasteiger partial charge is 0.254 e. The lowest BCUT2D eigenvalue weighted by Crippen LogP contribution is -2.37. The highest BCUT2D eigenvalue weighted by Crippen LogP contribution is 2.26. The van der Waals surface area contributed by atoms with Crippen LogP contribution < -0.4 is 4.74 Å². The van der Waals surface area contributed by atoms with Crippen LogP contribution in [0.25, 0.3) is 0 Å². The van der Waals surface area contributed by atoms with E-state index in [2.05, 4.69) is 15.9 Å². The van der Waals surface area contributed by atoms with Gasteiger partial charge in [0.05, 0.1) is 17.7 Å². The molecule has 0 fully saturated rings. The van der Waals surface area contributed by atoms with Crippen LogP contribution in [0.4, 0.5) is 0 Å².